The largest absolute Gasteiger partial charge is 0.363 e. The topological polar surface area (TPSA) is 15.3 Å². The lowest BCUT2D eigenvalue weighted by Gasteiger charge is -2.31. The van der Waals surface area contributed by atoms with Crippen molar-refractivity contribution in [3.8, 4) is 0 Å². The van der Waals surface area contributed by atoms with E-state index in [1.54, 1.807) is 11.8 Å². The van der Waals surface area contributed by atoms with E-state index in [2.05, 4.69) is 92.5 Å². The van der Waals surface area contributed by atoms with Crippen molar-refractivity contribution in [3.63, 3.8) is 0 Å². The summed E-state index contributed by atoms with van der Waals surface area (Å²) >= 11 is 1.75. The summed E-state index contributed by atoms with van der Waals surface area (Å²) in [6.45, 7) is 14.8. The van der Waals surface area contributed by atoms with Crippen LogP contribution in [0.15, 0.2) is 59.8 Å². The van der Waals surface area contributed by atoms with Gasteiger partial charge in [-0.25, -0.2) is 0 Å². The van der Waals surface area contributed by atoms with Crippen LogP contribution in [0.1, 0.15) is 58.7 Å². The molecule has 29 heavy (non-hydrogen) atoms. The number of thioether (sulfide) groups is 1. The van der Waals surface area contributed by atoms with Gasteiger partial charge in [0.25, 0.3) is 0 Å². The van der Waals surface area contributed by atoms with Gasteiger partial charge in [-0.2, -0.15) is 0 Å². The van der Waals surface area contributed by atoms with E-state index >= 15 is 0 Å². The number of piperidine rings is 1. The van der Waals surface area contributed by atoms with Crippen LogP contribution in [0.2, 0.25) is 0 Å². The summed E-state index contributed by atoms with van der Waals surface area (Å²) in [5.41, 5.74) is 6.10. The predicted molar refractivity (Wildman–Crippen MR) is 135 cm³/mol. The van der Waals surface area contributed by atoms with Crippen LogP contribution in [0.4, 0.5) is 0 Å². The number of hydrogen-bond donors (Lipinski definition) is 1. The molecule has 2 nitrogen and oxygen atoms in total. The van der Waals surface area contributed by atoms with Crippen LogP contribution in [-0.4, -0.2) is 25.0 Å². The lowest BCUT2D eigenvalue weighted by atomic mass is 9.93. The Morgan fingerprint density at radius 2 is 1.90 bits per heavy atom. The molecule has 0 bridgehead atoms. The fraction of sp³-hybridized carbons (Fsp3) is 0.385. The first kappa shape index (κ1) is 23.3. The molecule has 1 aromatic carbocycles. The van der Waals surface area contributed by atoms with E-state index in [1.807, 2.05) is 13.0 Å². The second-order valence-electron chi connectivity index (χ2n) is 7.56. The van der Waals surface area contributed by atoms with E-state index in [1.165, 1.54) is 53.4 Å². The number of rotatable bonds is 8. The van der Waals surface area contributed by atoms with Crippen molar-refractivity contribution in [1.82, 2.24) is 10.2 Å². The molecule has 2 rings (SSSR count). The van der Waals surface area contributed by atoms with Crippen molar-refractivity contribution in [2.75, 3.05) is 20.1 Å². The first-order valence-corrected chi connectivity index (χ1v) is 11.4. The molecule has 0 unspecified atom stereocenters. The van der Waals surface area contributed by atoms with Gasteiger partial charge in [-0.3, -0.25) is 0 Å². The number of hydrogen-bond acceptors (Lipinski definition) is 3. The first-order chi connectivity index (χ1) is 14.0. The fourth-order valence-electron chi connectivity index (χ4n) is 3.71. The summed E-state index contributed by atoms with van der Waals surface area (Å²) in [5, 5.41) is 5.81. The molecule has 158 valence electrons. The molecule has 0 saturated carbocycles. The van der Waals surface area contributed by atoms with E-state index in [0.29, 0.717) is 5.92 Å². The normalized spacial score (nSPS) is 17.8. The van der Waals surface area contributed by atoms with Gasteiger partial charge in [-0.05, 0) is 94.9 Å². The molecule has 1 heterocycles. The van der Waals surface area contributed by atoms with E-state index < -0.39 is 0 Å². The molecular formula is C26H38N2S. The van der Waals surface area contributed by atoms with Gasteiger partial charge in [0.05, 0.1) is 0 Å². The zero-order valence-corrected chi connectivity index (χ0v) is 19.5. The number of benzene rings is 1. The van der Waals surface area contributed by atoms with Crippen molar-refractivity contribution >= 4 is 28.8 Å². The highest BCUT2D eigenvalue weighted by atomic mass is 32.2. The number of likely N-dealkylation sites (tertiary alicyclic amines) is 1. The van der Waals surface area contributed by atoms with Crippen molar-refractivity contribution in [1.29, 1.82) is 0 Å². The molecule has 0 amide bonds. The first-order valence-electron chi connectivity index (χ1n) is 10.5. The summed E-state index contributed by atoms with van der Waals surface area (Å²) < 4.78 is 0. The molecule has 1 aliphatic rings. The minimum atomic E-state index is 0. The number of allylic oxidation sites excluding steroid dienone is 5. The van der Waals surface area contributed by atoms with Gasteiger partial charge in [0.2, 0.25) is 0 Å². The smallest absolute Gasteiger partial charge is 0.0146 e. The molecule has 3 heteroatoms. The Balaban J connectivity index is 0.00000450. The summed E-state index contributed by atoms with van der Waals surface area (Å²) in [7, 11) is 2.21. The molecule has 0 radical (unpaired) electrons. The van der Waals surface area contributed by atoms with E-state index in [4.69, 9.17) is 0 Å². The molecule has 1 N–H and O–H groups in total. The third-order valence-corrected chi connectivity index (χ3v) is 6.50. The Bertz CT molecular complexity index is 812. The van der Waals surface area contributed by atoms with Gasteiger partial charge in [0.1, 0.15) is 0 Å². The number of nitrogens with zero attached hydrogens (tertiary/aromatic N) is 1. The minimum Gasteiger partial charge on any atom is -0.363 e. The van der Waals surface area contributed by atoms with Crippen LogP contribution in [0, 0.1) is 5.92 Å². The Labute approximate surface area is 183 Å². The standard InChI is InChI=1S/C26H36N2S.H2/c1-7-17-29-26(10-4)23-12-11-21(8-2)24(19-23)18-20(5)27-25(9-3)22-13-15-28(6)16-14-22;/h7-12,17-19,22,27H,2,13-16H2,1,3-6H3;1H/b17-7-,20-18+,25-9+,26-10-;. The minimum absolute atomic E-state index is 0. The molecular weight excluding hydrogens is 372 g/mol. The maximum absolute atomic E-state index is 4.00. The summed E-state index contributed by atoms with van der Waals surface area (Å²) in [6, 6.07) is 6.60. The van der Waals surface area contributed by atoms with Gasteiger partial charge in [0, 0.05) is 23.6 Å². The molecule has 0 aromatic heterocycles. The fourth-order valence-corrected chi connectivity index (χ4v) is 4.39. The van der Waals surface area contributed by atoms with Crippen LogP contribution in [0.5, 0.6) is 0 Å². The maximum Gasteiger partial charge on any atom is 0.0146 e. The summed E-state index contributed by atoms with van der Waals surface area (Å²) in [5.74, 6) is 0.622. The molecule has 0 spiro atoms. The SMILES string of the molecule is C=Cc1ccc(/C(=C/C)S/C=C\C)cc1/C=C(\C)N/C(=C/C)C1CCN(C)CC1.[HH]. The van der Waals surface area contributed by atoms with Crippen LogP contribution in [-0.2, 0) is 0 Å². The van der Waals surface area contributed by atoms with Gasteiger partial charge in [0.15, 0.2) is 0 Å². The Kier molecular flexibility index (Phi) is 9.56. The van der Waals surface area contributed by atoms with Crippen molar-refractivity contribution < 1.29 is 1.43 Å². The highest BCUT2D eigenvalue weighted by Gasteiger charge is 2.20. The van der Waals surface area contributed by atoms with Crippen LogP contribution in [0.25, 0.3) is 17.1 Å². The van der Waals surface area contributed by atoms with Gasteiger partial charge in [-0.15, -0.1) is 0 Å². The highest BCUT2D eigenvalue weighted by Crippen LogP contribution is 2.31. The van der Waals surface area contributed by atoms with Gasteiger partial charge in [-0.1, -0.05) is 54.8 Å². The van der Waals surface area contributed by atoms with E-state index in [9.17, 15) is 0 Å². The third-order valence-electron chi connectivity index (χ3n) is 5.37. The van der Waals surface area contributed by atoms with Crippen LogP contribution >= 0.6 is 11.8 Å². The molecule has 0 atom stereocenters. The summed E-state index contributed by atoms with van der Waals surface area (Å²) in [6.07, 6.45) is 13.1. The molecule has 0 aliphatic carbocycles. The van der Waals surface area contributed by atoms with Gasteiger partial charge < -0.3 is 10.2 Å². The lowest BCUT2D eigenvalue weighted by molar-refractivity contribution is 0.234. The third kappa shape index (κ3) is 6.80. The second-order valence-corrected chi connectivity index (χ2v) is 8.51. The van der Waals surface area contributed by atoms with Crippen LogP contribution in [0.3, 0.4) is 0 Å². The van der Waals surface area contributed by atoms with E-state index in [-0.39, 0.29) is 1.43 Å². The molecule has 1 aliphatic heterocycles. The van der Waals surface area contributed by atoms with Crippen molar-refractivity contribution in [2.45, 2.75) is 40.5 Å². The molecule has 1 fully saturated rings. The monoisotopic (exact) mass is 410 g/mol. The lowest BCUT2D eigenvalue weighted by Crippen LogP contribution is -2.33. The Morgan fingerprint density at radius 1 is 1.17 bits per heavy atom. The Hall–Kier alpha value is -1.97. The second kappa shape index (κ2) is 11.9. The van der Waals surface area contributed by atoms with Crippen molar-refractivity contribution in [3.05, 3.63) is 76.5 Å². The van der Waals surface area contributed by atoms with Gasteiger partial charge >= 0.3 is 0 Å². The van der Waals surface area contributed by atoms with E-state index in [0.717, 1.165) is 5.56 Å². The molecule has 1 saturated heterocycles. The summed E-state index contributed by atoms with van der Waals surface area (Å²) in [4.78, 5) is 3.68. The zero-order chi connectivity index (χ0) is 21.2. The zero-order valence-electron chi connectivity index (χ0n) is 18.7. The average molecular weight is 411 g/mol. The Morgan fingerprint density at radius 3 is 2.48 bits per heavy atom. The van der Waals surface area contributed by atoms with Crippen molar-refractivity contribution in [2.24, 2.45) is 5.92 Å². The molecule has 1 aromatic rings. The quantitative estimate of drug-likeness (QED) is 0.480. The van der Waals surface area contributed by atoms with Crippen LogP contribution < -0.4 is 5.32 Å². The highest BCUT2D eigenvalue weighted by molar-refractivity contribution is 8.10. The average Bonchev–Trinajstić information content (AvgIpc) is 2.73. The predicted octanol–water partition coefficient (Wildman–Crippen LogP) is 7.40. The maximum atomic E-state index is 4.00. The number of nitrogens with one attached hydrogen (secondary N) is 1.